The maximum atomic E-state index is 12.1. The Hall–Kier alpha value is -1.63. The van der Waals surface area contributed by atoms with Crippen molar-refractivity contribution >= 4 is 9.84 Å². The molecule has 0 aliphatic carbocycles. The quantitative estimate of drug-likeness (QED) is 0.914. The summed E-state index contributed by atoms with van der Waals surface area (Å²) in [6.07, 6.45) is 2.76. The van der Waals surface area contributed by atoms with Crippen molar-refractivity contribution in [3.8, 4) is 0 Å². The Morgan fingerprint density at radius 1 is 1.39 bits per heavy atom. The highest BCUT2D eigenvalue weighted by molar-refractivity contribution is 7.90. The molecule has 2 aromatic heterocycles. The van der Waals surface area contributed by atoms with Gasteiger partial charge in [0.1, 0.15) is 11.5 Å². The van der Waals surface area contributed by atoms with Crippen LogP contribution in [0.4, 0.5) is 0 Å². The number of rotatable bonds is 4. The Kier molecular flexibility index (Phi) is 3.25. The van der Waals surface area contributed by atoms with E-state index in [-0.39, 0.29) is 16.8 Å². The number of nitrogens with zero attached hydrogens (tertiary/aromatic N) is 2. The predicted molar refractivity (Wildman–Crippen MR) is 64.8 cm³/mol. The minimum atomic E-state index is -3.51. The summed E-state index contributed by atoms with van der Waals surface area (Å²) in [5, 5.41) is -0.0299. The average Bonchev–Trinajstić information content (AvgIpc) is 2.86. The van der Waals surface area contributed by atoms with E-state index in [0.29, 0.717) is 17.1 Å². The van der Waals surface area contributed by atoms with Gasteiger partial charge in [0.15, 0.2) is 6.39 Å². The van der Waals surface area contributed by atoms with Crippen molar-refractivity contribution in [2.24, 2.45) is 0 Å². The first-order valence-electron chi connectivity index (χ1n) is 5.57. The summed E-state index contributed by atoms with van der Waals surface area (Å²) in [6.45, 7) is 5.60. The maximum absolute atomic E-state index is 12.1. The molecule has 6 nitrogen and oxygen atoms in total. The van der Waals surface area contributed by atoms with Crippen molar-refractivity contribution in [3.05, 3.63) is 29.7 Å². The number of hydrogen-bond acceptors (Lipinski definition) is 5. The van der Waals surface area contributed by atoms with Crippen LogP contribution in [0.1, 0.15) is 36.9 Å². The lowest BCUT2D eigenvalue weighted by atomic mass is 10.1. The Bertz CT molecular complexity index is 640. The van der Waals surface area contributed by atoms with Gasteiger partial charge in [-0.15, -0.1) is 0 Å². The van der Waals surface area contributed by atoms with E-state index in [1.807, 2.05) is 13.8 Å². The number of sulfone groups is 1. The van der Waals surface area contributed by atoms with Crippen LogP contribution in [0.3, 0.4) is 0 Å². The molecule has 2 rings (SSSR count). The maximum Gasteiger partial charge on any atom is 0.225 e. The van der Waals surface area contributed by atoms with Gasteiger partial charge in [0, 0.05) is 17.8 Å². The number of nitrogens with one attached hydrogen (secondary N) is 1. The molecular formula is C11H15N3O3S. The van der Waals surface area contributed by atoms with Gasteiger partial charge in [-0.1, -0.05) is 13.8 Å². The molecule has 0 bridgehead atoms. The van der Waals surface area contributed by atoms with Crippen LogP contribution in [-0.2, 0) is 15.6 Å². The van der Waals surface area contributed by atoms with E-state index < -0.39 is 9.84 Å². The van der Waals surface area contributed by atoms with Gasteiger partial charge >= 0.3 is 0 Å². The summed E-state index contributed by atoms with van der Waals surface area (Å²) in [7, 11) is -3.51. The molecule has 2 aromatic rings. The molecular weight excluding hydrogens is 254 g/mol. The summed E-state index contributed by atoms with van der Waals surface area (Å²) < 4.78 is 29.4. The minimum Gasteiger partial charge on any atom is -0.448 e. The molecule has 0 atom stereocenters. The van der Waals surface area contributed by atoms with Gasteiger partial charge in [0.2, 0.25) is 15.0 Å². The van der Waals surface area contributed by atoms with Gasteiger partial charge in [0.05, 0.1) is 5.69 Å². The number of H-pyrrole nitrogens is 1. The van der Waals surface area contributed by atoms with E-state index in [1.165, 1.54) is 12.6 Å². The molecule has 98 valence electrons. The fourth-order valence-corrected chi connectivity index (χ4v) is 2.89. The molecule has 0 radical (unpaired) electrons. The molecule has 0 fully saturated rings. The summed E-state index contributed by atoms with van der Waals surface area (Å²) in [5.41, 5.74) is 1.15. The van der Waals surface area contributed by atoms with E-state index in [9.17, 15) is 8.42 Å². The first-order chi connectivity index (χ1) is 8.40. The third kappa shape index (κ3) is 2.45. The lowest BCUT2D eigenvalue weighted by Gasteiger charge is -2.03. The zero-order chi connectivity index (χ0) is 13.3. The first-order valence-corrected chi connectivity index (χ1v) is 7.22. The number of aryl methyl sites for hydroxylation is 1. The fourth-order valence-electron chi connectivity index (χ4n) is 1.65. The molecule has 0 aliphatic rings. The Morgan fingerprint density at radius 3 is 2.67 bits per heavy atom. The molecule has 2 heterocycles. The third-order valence-electron chi connectivity index (χ3n) is 2.50. The van der Waals surface area contributed by atoms with Gasteiger partial charge in [-0.25, -0.2) is 18.4 Å². The van der Waals surface area contributed by atoms with Crippen molar-refractivity contribution in [2.45, 2.75) is 37.6 Å². The Balaban J connectivity index is 2.31. The van der Waals surface area contributed by atoms with Crippen LogP contribution in [0.5, 0.6) is 0 Å². The Labute approximate surface area is 105 Å². The van der Waals surface area contributed by atoms with Crippen LogP contribution >= 0.6 is 0 Å². The van der Waals surface area contributed by atoms with E-state index in [1.54, 1.807) is 6.92 Å². The van der Waals surface area contributed by atoms with Gasteiger partial charge in [-0.2, -0.15) is 0 Å². The van der Waals surface area contributed by atoms with E-state index in [4.69, 9.17) is 4.42 Å². The number of aromatic nitrogens is 3. The van der Waals surface area contributed by atoms with Gasteiger partial charge in [-0.05, 0) is 6.92 Å². The molecule has 0 unspecified atom stereocenters. The number of hydrogen-bond donors (Lipinski definition) is 1. The second-order valence-electron chi connectivity index (χ2n) is 4.45. The van der Waals surface area contributed by atoms with E-state index in [0.717, 1.165) is 0 Å². The lowest BCUT2D eigenvalue weighted by Crippen LogP contribution is -2.09. The molecule has 1 N–H and O–H groups in total. The summed E-state index contributed by atoms with van der Waals surface area (Å²) in [6, 6.07) is 0. The fraction of sp³-hybridized carbons (Fsp3) is 0.455. The molecule has 0 saturated heterocycles. The number of aromatic amines is 1. The lowest BCUT2D eigenvalue weighted by molar-refractivity contribution is 0.479. The molecule has 0 amide bonds. The first kappa shape index (κ1) is 12.8. The number of imidazole rings is 1. The SMILES string of the molecule is Cc1cnc(S(=O)(=O)Cc2ncoc2C(C)C)[nH]1. The molecule has 18 heavy (non-hydrogen) atoms. The summed E-state index contributed by atoms with van der Waals surface area (Å²) in [4.78, 5) is 10.5. The second kappa shape index (κ2) is 4.56. The van der Waals surface area contributed by atoms with Crippen LogP contribution in [0.15, 0.2) is 22.2 Å². The van der Waals surface area contributed by atoms with Crippen molar-refractivity contribution < 1.29 is 12.8 Å². The summed E-state index contributed by atoms with van der Waals surface area (Å²) >= 11 is 0. The van der Waals surface area contributed by atoms with Crippen LogP contribution in [0.2, 0.25) is 0 Å². The normalized spacial score (nSPS) is 12.2. The van der Waals surface area contributed by atoms with E-state index in [2.05, 4.69) is 15.0 Å². The average molecular weight is 269 g/mol. The monoisotopic (exact) mass is 269 g/mol. The topological polar surface area (TPSA) is 88.8 Å². The van der Waals surface area contributed by atoms with Crippen LogP contribution in [0, 0.1) is 6.92 Å². The predicted octanol–water partition coefficient (Wildman–Crippen LogP) is 1.80. The minimum absolute atomic E-state index is 0.0299. The van der Waals surface area contributed by atoms with Gasteiger partial charge < -0.3 is 9.40 Å². The third-order valence-corrected chi connectivity index (χ3v) is 3.95. The molecule has 0 aliphatic heterocycles. The zero-order valence-corrected chi connectivity index (χ0v) is 11.3. The van der Waals surface area contributed by atoms with Crippen molar-refractivity contribution in [3.63, 3.8) is 0 Å². The highest BCUT2D eigenvalue weighted by atomic mass is 32.2. The standard InChI is InChI=1S/C11H15N3O3S/c1-7(2)10-9(13-6-17-10)5-18(15,16)11-12-4-8(3)14-11/h4,6-7H,5H2,1-3H3,(H,12,14). The smallest absolute Gasteiger partial charge is 0.225 e. The Morgan fingerprint density at radius 2 is 2.11 bits per heavy atom. The van der Waals surface area contributed by atoms with Gasteiger partial charge in [-0.3, -0.25) is 0 Å². The van der Waals surface area contributed by atoms with Crippen molar-refractivity contribution in [2.75, 3.05) is 0 Å². The van der Waals surface area contributed by atoms with Crippen molar-refractivity contribution in [1.82, 2.24) is 15.0 Å². The highest BCUT2D eigenvalue weighted by Gasteiger charge is 2.23. The number of oxazole rings is 1. The molecule has 0 saturated carbocycles. The second-order valence-corrected chi connectivity index (χ2v) is 6.35. The van der Waals surface area contributed by atoms with Crippen LogP contribution in [-0.4, -0.2) is 23.4 Å². The van der Waals surface area contributed by atoms with E-state index >= 15 is 0 Å². The highest BCUT2D eigenvalue weighted by Crippen LogP contribution is 2.22. The molecule has 7 heteroatoms. The molecule has 0 spiro atoms. The van der Waals surface area contributed by atoms with Gasteiger partial charge in [0.25, 0.3) is 0 Å². The largest absolute Gasteiger partial charge is 0.448 e. The van der Waals surface area contributed by atoms with Crippen LogP contribution < -0.4 is 0 Å². The molecule has 0 aromatic carbocycles. The zero-order valence-electron chi connectivity index (χ0n) is 10.5. The van der Waals surface area contributed by atoms with Crippen molar-refractivity contribution in [1.29, 1.82) is 0 Å². The van der Waals surface area contributed by atoms with Crippen LogP contribution in [0.25, 0.3) is 0 Å². The summed E-state index contributed by atoms with van der Waals surface area (Å²) in [5.74, 6) is 0.488.